The second kappa shape index (κ2) is 10.4. The monoisotopic (exact) mass is 540 g/mol. The van der Waals surface area contributed by atoms with Gasteiger partial charge in [-0.15, -0.1) is 11.3 Å². The average molecular weight is 541 g/mol. The van der Waals surface area contributed by atoms with Crippen molar-refractivity contribution < 1.29 is 9.76 Å². The summed E-state index contributed by atoms with van der Waals surface area (Å²) in [7, 11) is 0.419. The minimum Gasteiger partial charge on any atom is -0.427 e. The predicted molar refractivity (Wildman–Crippen MR) is 174 cm³/mol. The molecule has 0 spiro atoms. The second-order valence-corrected chi connectivity index (χ2v) is 12.5. The van der Waals surface area contributed by atoms with Gasteiger partial charge in [0.1, 0.15) is 0 Å². The number of thiophene rings is 1. The Kier molecular flexibility index (Phi) is 6.87. The molecule has 0 aliphatic rings. The molecule has 0 amide bonds. The van der Waals surface area contributed by atoms with Crippen LogP contribution in [0.2, 0.25) is 0 Å². The Morgan fingerprint density at radius 3 is 1.90 bits per heavy atom. The topological polar surface area (TPSA) is 29.5 Å². The number of hydrogen-bond acceptors (Lipinski definition) is 3. The third-order valence-electron chi connectivity index (χ3n) is 8.16. The molecule has 0 aliphatic heterocycles. The van der Waals surface area contributed by atoms with Gasteiger partial charge in [0.05, 0.1) is 11.2 Å². The van der Waals surface area contributed by atoms with E-state index >= 15 is 0 Å². The highest BCUT2D eigenvalue weighted by Crippen LogP contribution is 2.44. The molecule has 6 rings (SSSR count). The van der Waals surface area contributed by atoms with E-state index in [4.69, 9.17) is 4.65 Å². The molecule has 1 aromatic heterocycles. The van der Waals surface area contributed by atoms with E-state index in [-0.39, 0.29) is 0 Å². The Balaban J connectivity index is 1.57. The first kappa shape index (κ1) is 26.5. The summed E-state index contributed by atoms with van der Waals surface area (Å²) in [5.74, 6) is 0. The lowest BCUT2D eigenvalue weighted by Gasteiger charge is -2.37. The van der Waals surface area contributed by atoms with Gasteiger partial charge >= 0.3 is 7.48 Å². The van der Waals surface area contributed by atoms with Crippen molar-refractivity contribution in [3.05, 3.63) is 115 Å². The minimum absolute atomic E-state index is 0.419. The second-order valence-electron chi connectivity index (χ2n) is 11.4. The van der Waals surface area contributed by atoms with Gasteiger partial charge in [0.25, 0.3) is 0 Å². The van der Waals surface area contributed by atoms with Crippen LogP contribution in [0.5, 0.6) is 0 Å². The Bertz CT molecular complexity index is 1800. The van der Waals surface area contributed by atoms with Crippen LogP contribution in [0.3, 0.4) is 0 Å². The first-order valence-electron chi connectivity index (χ1n) is 13.8. The summed E-state index contributed by atoms with van der Waals surface area (Å²) in [4.78, 5) is 0. The van der Waals surface area contributed by atoms with Gasteiger partial charge in [-0.05, 0) is 84.1 Å². The van der Waals surface area contributed by atoms with E-state index in [0.717, 1.165) is 5.46 Å². The van der Waals surface area contributed by atoms with Gasteiger partial charge in [0.15, 0.2) is 0 Å². The average Bonchev–Trinajstić information content (AvgIpc) is 3.36. The molecule has 1 heterocycles. The van der Waals surface area contributed by atoms with Crippen LogP contribution in [0.15, 0.2) is 115 Å². The first-order chi connectivity index (χ1) is 19.2. The summed E-state index contributed by atoms with van der Waals surface area (Å²) in [6.45, 7) is 7.51. The molecule has 198 valence electrons. The zero-order valence-corrected chi connectivity index (χ0v) is 24.3. The van der Waals surface area contributed by atoms with E-state index in [1.165, 1.54) is 53.6 Å². The van der Waals surface area contributed by atoms with E-state index in [0.29, 0.717) is 7.48 Å². The van der Waals surface area contributed by atoms with Gasteiger partial charge in [-0.2, -0.15) is 0 Å². The fourth-order valence-electron chi connectivity index (χ4n) is 5.13. The summed E-state index contributed by atoms with van der Waals surface area (Å²) in [5.41, 5.74) is 6.75. The number of fused-ring (bicyclic) bond motifs is 3. The molecule has 6 aromatic rings. The van der Waals surface area contributed by atoms with E-state index in [2.05, 4.69) is 115 Å². The normalized spacial score (nSPS) is 12.2. The van der Waals surface area contributed by atoms with Crippen LogP contribution in [0, 0.1) is 0 Å². The summed E-state index contributed by atoms with van der Waals surface area (Å²) >= 11 is 1.84. The summed E-state index contributed by atoms with van der Waals surface area (Å²) < 4.78 is 8.90. The molecule has 0 fully saturated rings. The SMILES string of the molecule is CC(C)(O)C(C)(C)OBc1cccc2sc3c(-c4cccc(-c5ccccc5)c4)ccc(-c4ccccc4)c3c12. The maximum absolute atomic E-state index is 10.7. The molecule has 5 aromatic carbocycles. The zero-order valence-electron chi connectivity index (χ0n) is 23.4. The predicted octanol–water partition coefficient (Wildman–Crippen LogP) is 8.60. The number of hydrogen-bond donors (Lipinski definition) is 1. The maximum atomic E-state index is 10.7. The molecule has 0 saturated heterocycles. The molecule has 2 nitrogen and oxygen atoms in total. The Labute approximate surface area is 241 Å². The quantitative estimate of drug-likeness (QED) is 0.206. The molecule has 4 heteroatoms. The molecule has 0 aliphatic carbocycles. The molecule has 0 radical (unpaired) electrons. The molecular weight excluding hydrogens is 507 g/mol. The van der Waals surface area contributed by atoms with Crippen LogP contribution >= 0.6 is 11.3 Å². The van der Waals surface area contributed by atoms with Crippen LogP contribution < -0.4 is 5.46 Å². The van der Waals surface area contributed by atoms with Crippen molar-refractivity contribution in [1.82, 2.24) is 0 Å². The van der Waals surface area contributed by atoms with Crippen LogP contribution in [0.4, 0.5) is 0 Å². The summed E-state index contributed by atoms with van der Waals surface area (Å²) in [6, 6.07) is 41.1. The highest BCUT2D eigenvalue weighted by molar-refractivity contribution is 7.26. The van der Waals surface area contributed by atoms with Crippen molar-refractivity contribution in [2.45, 2.75) is 38.9 Å². The van der Waals surface area contributed by atoms with E-state index in [9.17, 15) is 5.11 Å². The Hall–Kier alpha value is -3.70. The highest BCUT2D eigenvalue weighted by Gasteiger charge is 2.36. The fraction of sp³-hybridized carbons (Fsp3) is 0.167. The lowest BCUT2D eigenvalue weighted by atomic mass is 9.80. The smallest absolute Gasteiger partial charge is 0.310 e. The summed E-state index contributed by atoms with van der Waals surface area (Å²) in [5, 5.41) is 13.2. The van der Waals surface area contributed by atoms with E-state index < -0.39 is 11.2 Å². The summed E-state index contributed by atoms with van der Waals surface area (Å²) in [6.07, 6.45) is 0. The lowest BCUT2D eigenvalue weighted by Crippen LogP contribution is -2.49. The van der Waals surface area contributed by atoms with Gasteiger partial charge in [0.2, 0.25) is 0 Å². The van der Waals surface area contributed by atoms with Crippen molar-refractivity contribution in [3.8, 4) is 33.4 Å². The largest absolute Gasteiger partial charge is 0.427 e. The van der Waals surface area contributed by atoms with E-state index in [1.807, 2.05) is 25.2 Å². The van der Waals surface area contributed by atoms with Crippen molar-refractivity contribution in [3.63, 3.8) is 0 Å². The van der Waals surface area contributed by atoms with Crippen molar-refractivity contribution in [2.75, 3.05) is 0 Å². The van der Waals surface area contributed by atoms with Crippen LogP contribution in [0.1, 0.15) is 27.7 Å². The van der Waals surface area contributed by atoms with Crippen molar-refractivity contribution in [2.24, 2.45) is 0 Å². The minimum atomic E-state index is -0.969. The third-order valence-corrected chi connectivity index (χ3v) is 9.35. The van der Waals surface area contributed by atoms with Crippen LogP contribution in [-0.2, 0) is 4.65 Å². The van der Waals surface area contributed by atoms with Gasteiger partial charge < -0.3 is 9.76 Å². The van der Waals surface area contributed by atoms with Crippen molar-refractivity contribution in [1.29, 1.82) is 0 Å². The zero-order chi connectivity index (χ0) is 27.9. The Morgan fingerprint density at radius 1 is 0.600 bits per heavy atom. The fourth-order valence-corrected chi connectivity index (χ4v) is 6.44. The highest BCUT2D eigenvalue weighted by atomic mass is 32.1. The van der Waals surface area contributed by atoms with E-state index in [1.54, 1.807) is 13.8 Å². The number of benzene rings is 5. The molecule has 1 N–H and O–H groups in total. The molecule has 0 saturated carbocycles. The lowest BCUT2D eigenvalue weighted by molar-refractivity contribution is -0.0893. The standard InChI is InChI=1S/C36H33BO2S/c1-35(2,38)36(3,4)39-37-30-19-12-20-31-33(30)32-28(25-15-9-6-10-16-25)21-22-29(34(32)40-31)27-18-11-17-26(23-27)24-13-7-5-8-14-24/h5-23,37-38H,1-4H3. The maximum Gasteiger partial charge on any atom is 0.310 e. The molecule has 0 atom stereocenters. The third kappa shape index (κ3) is 4.88. The Morgan fingerprint density at radius 2 is 1.20 bits per heavy atom. The number of rotatable bonds is 7. The van der Waals surface area contributed by atoms with Gasteiger partial charge in [-0.3, -0.25) is 0 Å². The van der Waals surface area contributed by atoms with Crippen LogP contribution in [-0.4, -0.2) is 23.8 Å². The molecular formula is C36H33BO2S. The van der Waals surface area contributed by atoms with Gasteiger partial charge in [0, 0.05) is 14.8 Å². The molecule has 0 unspecified atom stereocenters. The molecule has 0 bridgehead atoms. The first-order valence-corrected chi connectivity index (χ1v) is 14.6. The number of aliphatic hydroxyl groups is 1. The van der Waals surface area contributed by atoms with Gasteiger partial charge in [-0.1, -0.05) is 103 Å². The van der Waals surface area contributed by atoms with Crippen LogP contribution in [0.25, 0.3) is 53.6 Å². The van der Waals surface area contributed by atoms with Gasteiger partial charge in [-0.25, -0.2) is 0 Å². The van der Waals surface area contributed by atoms with Crippen molar-refractivity contribution >= 4 is 44.5 Å². The molecule has 40 heavy (non-hydrogen) atoms.